The predicted octanol–water partition coefficient (Wildman–Crippen LogP) is 4.78. The summed E-state index contributed by atoms with van der Waals surface area (Å²) in [4.78, 5) is 24.5. The second kappa shape index (κ2) is 11.6. The third-order valence-corrected chi connectivity index (χ3v) is 4.65. The van der Waals surface area contributed by atoms with Crippen LogP contribution in [0.1, 0.15) is 29.3 Å². The second-order valence-corrected chi connectivity index (χ2v) is 7.48. The predicted molar refractivity (Wildman–Crippen MR) is 131 cm³/mol. The average molecular weight is 448 g/mol. The first-order valence-electron chi connectivity index (χ1n) is 10.3. The number of carbonyl (C=O) groups excluding carboxylic acids is 2. The molecule has 0 saturated carbocycles. The van der Waals surface area contributed by atoms with Gasteiger partial charge in [-0.3, -0.25) is 14.9 Å². The largest absolute Gasteiger partial charge is 0.494 e. The molecule has 6 nitrogen and oxygen atoms in total. The smallest absolute Gasteiger partial charge is 0.257 e. The Morgan fingerprint density at radius 1 is 0.844 bits per heavy atom. The second-order valence-electron chi connectivity index (χ2n) is 7.07. The van der Waals surface area contributed by atoms with Crippen LogP contribution in [0.15, 0.2) is 78.9 Å². The summed E-state index contributed by atoms with van der Waals surface area (Å²) in [7, 11) is 0. The molecule has 0 aliphatic rings. The Morgan fingerprint density at radius 3 is 2.09 bits per heavy atom. The number of rotatable bonds is 8. The summed E-state index contributed by atoms with van der Waals surface area (Å²) in [6, 6.07) is 23.5. The third kappa shape index (κ3) is 7.21. The van der Waals surface area contributed by atoms with Crippen LogP contribution in [-0.2, 0) is 11.2 Å². The quantitative estimate of drug-likeness (QED) is 0.433. The van der Waals surface area contributed by atoms with Gasteiger partial charge in [0.2, 0.25) is 5.91 Å². The number of nitrogens with one attached hydrogen (secondary N) is 3. The van der Waals surface area contributed by atoms with Gasteiger partial charge >= 0.3 is 0 Å². The first kappa shape index (κ1) is 23.0. The van der Waals surface area contributed by atoms with E-state index in [4.69, 9.17) is 17.0 Å². The molecule has 3 aromatic rings. The molecule has 3 aromatic carbocycles. The van der Waals surface area contributed by atoms with Crippen molar-refractivity contribution in [3.8, 4) is 5.75 Å². The monoisotopic (exact) mass is 447 g/mol. The Morgan fingerprint density at radius 2 is 1.47 bits per heavy atom. The van der Waals surface area contributed by atoms with E-state index in [0.717, 1.165) is 17.7 Å². The van der Waals surface area contributed by atoms with Crippen molar-refractivity contribution in [3.05, 3.63) is 90.0 Å². The van der Waals surface area contributed by atoms with Crippen molar-refractivity contribution < 1.29 is 14.3 Å². The van der Waals surface area contributed by atoms with Crippen LogP contribution in [0, 0.1) is 0 Å². The third-order valence-electron chi connectivity index (χ3n) is 4.45. The fraction of sp³-hybridized carbons (Fsp3) is 0.160. The Balaban J connectivity index is 1.47. The fourth-order valence-corrected chi connectivity index (χ4v) is 3.09. The van der Waals surface area contributed by atoms with Gasteiger partial charge in [0.25, 0.3) is 5.91 Å². The Labute approximate surface area is 193 Å². The molecule has 164 valence electrons. The van der Waals surface area contributed by atoms with Crippen LogP contribution in [0.3, 0.4) is 0 Å². The first-order chi connectivity index (χ1) is 15.5. The maximum absolute atomic E-state index is 12.4. The SMILES string of the molecule is CCCOc1ccc(C(=O)NC(=S)Nc2ccc(NC(=O)Cc3ccccc3)cc2)cc1. The lowest BCUT2D eigenvalue weighted by Crippen LogP contribution is -2.34. The molecule has 3 rings (SSSR count). The van der Waals surface area contributed by atoms with Gasteiger partial charge in [-0.05, 0) is 72.7 Å². The van der Waals surface area contributed by atoms with E-state index in [1.807, 2.05) is 37.3 Å². The summed E-state index contributed by atoms with van der Waals surface area (Å²) in [5.74, 6) is 0.320. The van der Waals surface area contributed by atoms with E-state index < -0.39 is 0 Å². The molecule has 32 heavy (non-hydrogen) atoms. The highest BCUT2D eigenvalue weighted by molar-refractivity contribution is 7.80. The van der Waals surface area contributed by atoms with Gasteiger partial charge in [-0.15, -0.1) is 0 Å². The van der Waals surface area contributed by atoms with E-state index in [9.17, 15) is 9.59 Å². The van der Waals surface area contributed by atoms with Crippen LogP contribution < -0.4 is 20.7 Å². The van der Waals surface area contributed by atoms with Gasteiger partial charge in [-0.25, -0.2) is 0 Å². The number of hydrogen-bond acceptors (Lipinski definition) is 4. The molecule has 0 aliphatic carbocycles. The van der Waals surface area contributed by atoms with Crippen LogP contribution in [0.2, 0.25) is 0 Å². The minimum absolute atomic E-state index is 0.0918. The highest BCUT2D eigenvalue weighted by Gasteiger charge is 2.09. The molecule has 0 atom stereocenters. The lowest BCUT2D eigenvalue weighted by Gasteiger charge is -2.11. The molecule has 3 N–H and O–H groups in total. The topological polar surface area (TPSA) is 79.5 Å². The Bertz CT molecular complexity index is 1050. The van der Waals surface area contributed by atoms with Crippen molar-refractivity contribution in [2.75, 3.05) is 17.2 Å². The van der Waals surface area contributed by atoms with E-state index in [-0.39, 0.29) is 16.9 Å². The van der Waals surface area contributed by atoms with Crippen LogP contribution in [-0.4, -0.2) is 23.5 Å². The number of ether oxygens (including phenoxy) is 1. The lowest BCUT2D eigenvalue weighted by molar-refractivity contribution is -0.115. The summed E-state index contributed by atoms with van der Waals surface area (Å²) in [5, 5.41) is 8.66. The molecule has 0 unspecified atom stereocenters. The summed E-state index contributed by atoms with van der Waals surface area (Å²) < 4.78 is 5.52. The van der Waals surface area contributed by atoms with Gasteiger partial charge in [-0.2, -0.15) is 0 Å². The standard InChI is InChI=1S/C25H25N3O3S/c1-2-16-31-22-14-8-19(9-15-22)24(30)28-25(32)27-21-12-10-20(11-13-21)26-23(29)17-18-6-4-3-5-7-18/h3-15H,2,16-17H2,1H3,(H,26,29)(H2,27,28,30,32). The highest BCUT2D eigenvalue weighted by Crippen LogP contribution is 2.15. The van der Waals surface area contributed by atoms with E-state index in [0.29, 0.717) is 30.0 Å². The molecule has 0 fully saturated rings. The van der Waals surface area contributed by atoms with Crippen molar-refractivity contribution in [2.45, 2.75) is 19.8 Å². The van der Waals surface area contributed by atoms with Crippen LogP contribution in [0.25, 0.3) is 0 Å². The van der Waals surface area contributed by atoms with E-state index >= 15 is 0 Å². The molecule has 2 amide bonds. The van der Waals surface area contributed by atoms with Gasteiger partial charge in [0, 0.05) is 16.9 Å². The number of anilines is 2. The van der Waals surface area contributed by atoms with Crippen LogP contribution in [0.5, 0.6) is 5.75 Å². The Kier molecular flexibility index (Phi) is 8.34. The summed E-state index contributed by atoms with van der Waals surface area (Å²) in [5.41, 5.74) is 2.80. The van der Waals surface area contributed by atoms with Gasteiger partial charge in [-0.1, -0.05) is 37.3 Å². The lowest BCUT2D eigenvalue weighted by atomic mass is 10.1. The van der Waals surface area contributed by atoms with Crippen molar-refractivity contribution in [1.29, 1.82) is 0 Å². The molecule has 0 saturated heterocycles. The van der Waals surface area contributed by atoms with Crippen LogP contribution in [0.4, 0.5) is 11.4 Å². The van der Waals surface area contributed by atoms with Crippen molar-refractivity contribution in [2.24, 2.45) is 0 Å². The minimum Gasteiger partial charge on any atom is -0.494 e. The normalized spacial score (nSPS) is 10.2. The van der Waals surface area contributed by atoms with Crippen molar-refractivity contribution in [3.63, 3.8) is 0 Å². The zero-order valence-electron chi connectivity index (χ0n) is 17.8. The number of thiocarbonyl (C=S) groups is 1. The first-order valence-corrected chi connectivity index (χ1v) is 10.7. The summed E-state index contributed by atoms with van der Waals surface area (Å²) in [6.45, 7) is 2.67. The van der Waals surface area contributed by atoms with Crippen LogP contribution >= 0.6 is 12.2 Å². The molecular weight excluding hydrogens is 422 g/mol. The summed E-state index contributed by atoms with van der Waals surface area (Å²) in [6.07, 6.45) is 1.23. The highest BCUT2D eigenvalue weighted by atomic mass is 32.1. The molecule has 0 heterocycles. The number of amides is 2. The maximum Gasteiger partial charge on any atom is 0.257 e. The minimum atomic E-state index is -0.311. The molecule has 0 bridgehead atoms. The molecule has 0 radical (unpaired) electrons. The number of carbonyl (C=O) groups is 2. The average Bonchev–Trinajstić information content (AvgIpc) is 2.80. The fourth-order valence-electron chi connectivity index (χ4n) is 2.88. The van der Waals surface area contributed by atoms with Crippen molar-refractivity contribution in [1.82, 2.24) is 5.32 Å². The summed E-state index contributed by atoms with van der Waals surface area (Å²) >= 11 is 5.23. The zero-order chi connectivity index (χ0) is 22.8. The molecule has 0 spiro atoms. The number of hydrogen-bond donors (Lipinski definition) is 3. The van der Waals surface area contributed by atoms with E-state index in [1.54, 1.807) is 48.5 Å². The van der Waals surface area contributed by atoms with Gasteiger partial charge in [0.05, 0.1) is 13.0 Å². The van der Waals surface area contributed by atoms with Gasteiger partial charge < -0.3 is 15.4 Å². The van der Waals surface area contributed by atoms with E-state index in [2.05, 4.69) is 16.0 Å². The van der Waals surface area contributed by atoms with Gasteiger partial charge in [0.15, 0.2) is 5.11 Å². The molecule has 0 aliphatic heterocycles. The molecule has 0 aromatic heterocycles. The molecular formula is C25H25N3O3S. The zero-order valence-corrected chi connectivity index (χ0v) is 18.6. The van der Waals surface area contributed by atoms with E-state index in [1.165, 1.54) is 0 Å². The molecule has 7 heteroatoms. The van der Waals surface area contributed by atoms with Gasteiger partial charge in [0.1, 0.15) is 5.75 Å². The van der Waals surface area contributed by atoms with Crippen molar-refractivity contribution >= 4 is 40.5 Å². The maximum atomic E-state index is 12.4. The number of benzene rings is 3. The Hall–Kier alpha value is -3.71.